The van der Waals surface area contributed by atoms with Gasteiger partial charge in [-0.1, -0.05) is 29.8 Å². The molecule has 3 N–H and O–H groups in total. The number of hydrazine groups is 1. The Kier molecular flexibility index (Phi) is 4.15. The number of thiophene rings is 1. The fraction of sp³-hybridized carbons (Fsp3) is 0.286. The first kappa shape index (κ1) is 13.5. The standard InChI is InChI=1S/C14H15ClN2S2/c15-10-5-6-18-13(10)8-11(17-16)14-7-9-3-1-2-4-12(9)19-14/h1-6,11,14,17H,7-8,16H2. The lowest BCUT2D eigenvalue weighted by molar-refractivity contribution is 0.509. The van der Waals surface area contributed by atoms with E-state index in [0.29, 0.717) is 5.25 Å². The Morgan fingerprint density at radius 1 is 1.37 bits per heavy atom. The van der Waals surface area contributed by atoms with Crippen LogP contribution in [-0.2, 0) is 12.8 Å². The number of nitrogens with two attached hydrogens (primary N) is 1. The van der Waals surface area contributed by atoms with Crippen molar-refractivity contribution in [2.24, 2.45) is 5.84 Å². The first-order chi connectivity index (χ1) is 9.28. The topological polar surface area (TPSA) is 38.0 Å². The van der Waals surface area contributed by atoms with Crippen LogP contribution in [0.25, 0.3) is 0 Å². The van der Waals surface area contributed by atoms with Crippen molar-refractivity contribution >= 4 is 34.7 Å². The van der Waals surface area contributed by atoms with Crippen LogP contribution in [0.3, 0.4) is 0 Å². The lowest BCUT2D eigenvalue weighted by Gasteiger charge is -2.21. The molecule has 0 bridgehead atoms. The van der Waals surface area contributed by atoms with Crippen LogP contribution in [-0.4, -0.2) is 11.3 Å². The first-order valence-electron chi connectivity index (χ1n) is 6.20. The van der Waals surface area contributed by atoms with Gasteiger partial charge >= 0.3 is 0 Å². The van der Waals surface area contributed by atoms with Crippen molar-refractivity contribution in [1.82, 2.24) is 5.43 Å². The molecule has 100 valence electrons. The van der Waals surface area contributed by atoms with Crippen molar-refractivity contribution in [3.63, 3.8) is 0 Å². The van der Waals surface area contributed by atoms with Crippen LogP contribution in [0.5, 0.6) is 0 Å². The molecule has 2 nitrogen and oxygen atoms in total. The van der Waals surface area contributed by atoms with Gasteiger partial charge in [0.05, 0.1) is 5.02 Å². The number of nitrogens with one attached hydrogen (secondary N) is 1. The number of hydrogen-bond acceptors (Lipinski definition) is 4. The maximum Gasteiger partial charge on any atom is 0.0545 e. The minimum absolute atomic E-state index is 0.244. The number of benzene rings is 1. The average Bonchev–Trinajstić information content (AvgIpc) is 3.02. The molecule has 0 spiro atoms. The number of fused-ring (bicyclic) bond motifs is 1. The Hall–Kier alpha value is -0.520. The third-order valence-corrected chi connectivity index (χ3v) is 6.29. The van der Waals surface area contributed by atoms with Gasteiger partial charge in [-0.3, -0.25) is 11.3 Å². The predicted octanol–water partition coefficient (Wildman–Crippen LogP) is 3.49. The Labute approximate surface area is 126 Å². The van der Waals surface area contributed by atoms with E-state index in [1.807, 2.05) is 23.2 Å². The zero-order chi connectivity index (χ0) is 13.2. The van der Waals surface area contributed by atoms with E-state index in [9.17, 15) is 0 Å². The second-order valence-electron chi connectivity index (χ2n) is 4.64. The highest BCUT2D eigenvalue weighted by molar-refractivity contribution is 8.00. The molecule has 0 fully saturated rings. The molecule has 1 aliphatic rings. The molecule has 19 heavy (non-hydrogen) atoms. The summed E-state index contributed by atoms with van der Waals surface area (Å²) in [5.41, 5.74) is 4.40. The number of halogens is 1. The van der Waals surface area contributed by atoms with E-state index in [1.165, 1.54) is 15.3 Å². The van der Waals surface area contributed by atoms with E-state index in [-0.39, 0.29) is 6.04 Å². The highest BCUT2D eigenvalue weighted by Gasteiger charge is 2.29. The first-order valence-corrected chi connectivity index (χ1v) is 8.34. The summed E-state index contributed by atoms with van der Waals surface area (Å²) < 4.78 is 0. The molecule has 3 rings (SSSR count). The molecule has 1 aromatic heterocycles. The van der Waals surface area contributed by atoms with E-state index < -0.39 is 0 Å². The van der Waals surface area contributed by atoms with E-state index in [2.05, 4.69) is 29.7 Å². The third kappa shape index (κ3) is 2.83. The van der Waals surface area contributed by atoms with E-state index in [1.54, 1.807) is 11.3 Å². The zero-order valence-corrected chi connectivity index (χ0v) is 12.7. The van der Waals surface area contributed by atoms with Gasteiger partial charge in [0.15, 0.2) is 0 Å². The summed E-state index contributed by atoms with van der Waals surface area (Å²) >= 11 is 9.79. The van der Waals surface area contributed by atoms with Gasteiger partial charge in [-0.25, -0.2) is 0 Å². The molecular weight excluding hydrogens is 296 g/mol. The van der Waals surface area contributed by atoms with Crippen molar-refractivity contribution in [3.8, 4) is 0 Å². The van der Waals surface area contributed by atoms with Crippen LogP contribution in [0.15, 0.2) is 40.6 Å². The van der Waals surface area contributed by atoms with Gasteiger partial charge in [-0.2, -0.15) is 0 Å². The van der Waals surface area contributed by atoms with Gasteiger partial charge in [0.2, 0.25) is 0 Å². The zero-order valence-electron chi connectivity index (χ0n) is 10.3. The second kappa shape index (κ2) is 5.85. The Morgan fingerprint density at radius 3 is 2.89 bits per heavy atom. The van der Waals surface area contributed by atoms with E-state index >= 15 is 0 Å². The molecule has 5 heteroatoms. The highest BCUT2D eigenvalue weighted by Crippen LogP contribution is 2.39. The molecule has 2 heterocycles. The second-order valence-corrected chi connectivity index (χ2v) is 7.33. The van der Waals surface area contributed by atoms with Crippen molar-refractivity contribution < 1.29 is 0 Å². The summed E-state index contributed by atoms with van der Waals surface area (Å²) in [6, 6.07) is 10.8. The van der Waals surface area contributed by atoms with Crippen molar-refractivity contribution in [3.05, 3.63) is 51.2 Å². The summed E-state index contributed by atoms with van der Waals surface area (Å²) in [6.45, 7) is 0. The molecule has 0 saturated carbocycles. The largest absolute Gasteiger partial charge is 0.271 e. The van der Waals surface area contributed by atoms with Crippen LogP contribution in [0.2, 0.25) is 5.02 Å². The Bertz CT molecular complexity index is 545. The molecule has 0 saturated heterocycles. The summed E-state index contributed by atoms with van der Waals surface area (Å²) in [5.74, 6) is 5.75. The van der Waals surface area contributed by atoms with Gasteiger partial charge in [0, 0.05) is 27.5 Å². The summed E-state index contributed by atoms with van der Waals surface area (Å²) in [7, 11) is 0. The maximum absolute atomic E-state index is 6.17. The summed E-state index contributed by atoms with van der Waals surface area (Å²) in [6.07, 6.45) is 1.96. The van der Waals surface area contributed by atoms with Crippen molar-refractivity contribution in [2.75, 3.05) is 0 Å². The maximum atomic E-state index is 6.17. The summed E-state index contributed by atoms with van der Waals surface area (Å²) in [4.78, 5) is 2.59. The van der Waals surface area contributed by atoms with Crippen molar-refractivity contribution in [1.29, 1.82) is 0 Å². The summed E-state index contributed by atoms with van der Waals surface area (Å²) in [5, 5.41) is 3.35. The third-order valence-electron chi connectivity index (χ3n) is 3.43. The Morgan fingerprint density at radius 2 is 2.21 bits per heavy atom. The average molecular weight is 311 g/mol. The molecule has 2 unspecified atom stereocenters. The minimum atomic E-state index is 0.244. The molecule has 0 radical (unpaired) electrons. The quantitative estimate of drug-likeness (QED) is 0.670. The number of hydrogen-bond donors (Lipinski definition) is 2. The minimum Gasteiger partial charge on any atom is -0.271 e. The molecule has 1 aliphatic heterocycles. The Balaban J connectivity index is 1.73. The predicted molar refractivity (Wildman–Crippen MR) is 83.9 cm³/mol. The highest BCUT2D eigenvalue weighted by atomic mass is 35.5. The number of rotatable bonds is 4. The molecule has 0 aliphatic carbocycles. The molecule has 0 amide bonds. The lowest BCUT2D eigenvalue weighted by atomic mass is 10.0. The molecule has 2 atom stereocenters. The van der Waals surface area contributed by atoms with Gasteiger partial charge in [-0.05, 0) is 29.5 Å². The lowest BCUT2D eigenvalue weighted by Crippen LogP contribution is -2.44. The molecule has 1 aromatic carbocycles. The fourth-order valence-corrected chi connectivity index (χ4v) is 4.96. The van der Waals surface area contributed by atoms with E-state index in [0.717, 1.165) is 17.9 Å². The van der Waals surface area contributed by atoms with Crippen molar-refractivity contribution in [2.45, 2.75) is 29.0 Å². The monoisotopic (exact) mass is 310 g/mol. The number of thioether (sulfide) groups is 1. The molecule has 2 aromatic rings. The van der Waals surface area contributed by atoms with Gasteiger partial charge < -0.3 is 0 Å². The van der Waals surface area contributed by atoms with Gasteiger partial charge in [-0.15, -0.1) is 23.1 Å². The van der Waals surface area contributed by atoms with E-state index in [4.69, 9.17) is 17.4 Å². The SMILES string of the molecule is NNC(Cc1sccc1Cl)C1Cc2ccccc2S1. The van der Waals surface area contributed by atoms with Gasteiger partial charge in [0.1, 0.15) is 0 Å². The van der Waals surface area contributed by atoms with Crippen LogP contribution in [0, 0.1) is 0 Å². The van der Waals surface area contributed by atoms with Crippen LogP contribution >= 0.6 is 34.7 Å². The van der Waals surface area contributed by atoms with Crippen LogP contribution in [0.4, 0.5) is 0 Å². The molecular formula is C14H15ClN2S2. The van der Waals surface area contributed by atoms with Crippen LogP contribution in [0.1, 0.15) is 10.4 Å². The smallest absolute Gasteiger partial charge is 0.0545 e. The normalized spacial score (nSPS) is 19.4. The van der Waals surface area contributed by atoms with Gasteiger partial charge in [0.25, 0.3) is 0 Å². The fourth-order valence-electron chi connectivity index (χ4n) is 2.40. The van der Waals surface area contributed by atoms with Crippen LogP contribution < -0.4 is 11.3 Å².